The van der Waals surface area contributed by atoms with E-state index in [4.69, 9.17) is 0 Å². The van der Waals surface area contributed by atoms with Crippen molar-refractivity contribution in [3.63, 3.8) is 0 Å². The topological polar surface area (TPSA) is 29.9 Å². The fraction of sp³-hybridized carbons (Fsp3) is 0.300. The molecule has 0 unspecified atom stereocenters. The lowest BCUT2D eigenvalue weighted by Gasteiger charge is -1.99. The Bertz CT molecular complexity index is 443. The molecule has 1 heterocycles. The Morgan fingerprint density at radius 2 is 2.15 bits per heavy atom. The lowest BCUT2D eigenvalue weighted by atomic mass is 10.2. The van der Waals surface area contributed by atoms with E-state index >= 15 is 0 Å². The van der Waals surface area contributed by atoms with E-state index < -0.39 is 0 Å². The molecule has 2 rings (SSSR count). The van der Waals surface area contributed by atoms with Crippen molar-refractivity contribution >= 4 is 16.6 Å². The highest BCUT2D eigenvalue weighted by Gasteiger charge is 2.03. The minimum absolute atomic E-state index is 1.08. The molecule has 0 amide bonds. The Kier molecular flexibility index (Phi) is 1.72. The van der Waals surface area contributed by atoms with Crippen molar-refractivity contribution in [2.45, 2.75) is 6.92 Å². The molecule has 0 aliphatic carbocycles. The number of rotatable bonds is 1. The van der Waals surface area contributed by atoms with E-state index in [9.17, 15) is 0 Å². The Morgan fingerprint density at radius 1 is 1.38 bits per heavy atom. The van der Waals surface area contributed by atoms with Crippen molar-refractivity contribution in [3.8, 4) is 0 Å². The summed E-state index contributed by atoms with van der Waals surface area (Å²) in [5.41, 5.74) is 3.38. The smallest absolute Gasteiger partial charge is 0.0683 e. The average Bonchev–Trinajstić information content (AvgIpc) is 2.42. The molecule has 0 fully saturated rings. The fourth-order valence-electron chi connectivity index (χ4n) is 1.60. The van der Waals surface area contributed by atoms with E-state index in [1.165, 1.54) is 10.9 Å². The largest absolute Gasteiger partial charge is 0.388 e. The highest BCUT2D eigenvalue weighted by atomic mass is 15.3. The molecule has 3 heteroatoms. The van der Waals surface area contributed by atoms with Crippen molar-refractivity contribution in [3.05, 3.63) is 23.9 Å². The Labute approximate surface area is 77.4 Å². The van der Waals surface area contributed by atoms with Gasteiger partial charge in [-0.1, -0.05) is 0 Å². The van der Waals surface area contributed by atoms with Gasteiger partial charge in [0.15, 0.2) is 0 Å². The molecule has 13 heavy (non-hydrogen) atoms. The number of aromatic nitrogens is 2. The molecule has 0 spiro atoms. The number of benzene rings is 1. The highest BCUT2D eigenvalue weighted by Crippen LogP contribution is 2.20. The van der Waals surface area contributed by atoms with Crippen LogP contribution < -0.4 is 5.32 Å². The zero-order chi connectivity index (χ0) is 9.42. The van der Waals surface area contributed by atoms with E-state index in [0.717, 1.165) is 11.4 Å². The van der Waals surface area contributed by atoms with Crippen LogP contribution in [0.5, 0.6) is 0 Å². The van der Waals surface area contributed by atoms with Crippen LogP contribution in [0.25, 0.3) is 10.9 Å². The second-order valence-electron chi connectivity index (χ2n) is 3.19. The molecule has 2 aromatic rings. The zero-order valence-electron chi connectivity index (χ0n) is 8.13. The van der Waals surface area contributed by atoms with Crippen molar-refractivity contribution < 1.29 is 0 Å². The number of anilines is 1. The van der Waals surface area contributed by atoms with Crippen LogP contribution in [0.1, 0.15) is 5.69 Å². The van der Waals surface area contributed by atoms with Gasteiger partial charge in [0.2, 0.25) is 0 Å². The quantitative estimate of drug-likeness (QED) is 0.717. The summed E-state index contributed by atoms with van der Waals surface area (Å²) in [6.45, 7) is 2.03. The van der Waals surface area contributed by atoms with Crippen molar-refractivity contribution in [1.29, 1.82) is 0 Å². The second kappa shape index (κ2) is 2.76. The van der Waals surface area contributed by atoms with Gasteiger partial charge in [-0.2, -0.15) is 5.10 Å². The standard InChI is InChI=1S/C10H13N3/c1-7-9-6-8(11-2)4-5-10(9)13(3)12-7/h4-6,11H,1-3H3. The van der Waals surface area contributed by atoms with Gasteiger partial charge in [0, 0.05) is 25.2 Å². The summed E-state index contributed by atoms with van der Waals surface area (Å²) in [7, 11) is 3.89. The molecule has 0 bridgehead atoms. The summed E-state index contributed by atoms with van der Waals surface area (Å²) in [6, 6.07) is 6.27. The molecule has 3 nitrogen and oxygen atoms in total. The molecule has 0 saturated carbocycles. The molecular formula is C10H13N3. The normalized spacial score (nSPS) is 10.7. The number of nitrogens with one attached hydrogen (secondary N) is 1. The van der Waals surface area contributed by atoms with Gasteiger partial charge in [0.05, 0.1) is 11.2 Å². The molecule has 0 atom stereocenters. The van der Waals surface area contributed by atoms with E-state index in [1.54, 1.807) is 0 Å². The van der Waals surface area contributed by atoms with Crippen LogP contribution in [0.4, 0.5) is 5.69 Å². The van der Waals surface area contributed by atoms with Gasteiger partial charge >= 0.3 is 0 Å². The third-order valence-electron chi connectivity index (χ3n) is 2.32. The summed E-state index contributed by atoms with van der Waals surface area (Å²) in [6.07, 6.45) is 0. The van der Waals surface area contributed by atoms with Crippen molar-refractivity contribution in [2.24, 2.45) is 7.05 Å². The van der Waals surface area contributed by atoms with Gasteiger partial charge in [-0.25, -0.2) is 0 Å². The third-order valence-corrected chi connectivity index (χ3v) is 2.32. The first-order chi connectivity index (χ1) is 6.22. The molecule has 0 aliphatic heterocycles. The highest BCUT2D eigenvalue weighted by molar-refractivity contribution is 5.85. The maximum atomic E-state index is 4.35. The van der Waals surface area contributed by atoms with Gasteiger partial charge in [-0.3, -0.25) is 4.68 Å². The van der Waals surface area contributed by atoms with Gasteiger partial charge in [0.25, 0.3) is 0 Å². The van der Waals surface area contributed by atoms with E-state index in [1.807, 2.05) is 25.7 Å². The summed E-state index contributed by atoms with van der Waals surface area (Å²) in [5, 5.41) is 8.69. The minimum atomic E-state index is 1.08. The monoisotopic (exact) mass is 175 g/mol. The SMILES string of the molecule is CNc1ccc2c(c1)c(C)nn2C. The first kappa shape index (κ1) is 8.10. The molecule has 68 valence electrons. The molecular weight excluding hydrogens is 162 g/mol. The number of fused-ring (bicyclic) bond motifs is 1. The number of hydrogen-bond donors (Lipinski definition) is 1. The van der Waals surface area contributed by atoms with Crippen molar-refractivity contribution in [1.82, 2.24) is 9.78 Å². The van der Waals surface area contributed by atoms with E-state index in [2.05, 4.69) is 28.6 Å². The fourth-order valence-corrected chi connectivity index (χ4v) is 1.60. The van der Waals surface area contributed by atoms with Gasteiger partial charge in [-0.15, -0.1) is 0 Å². The van der Waals surface area contributed by atoms with E-state index in [0.29, 0.717) is 0 Å². The van der Waals surface area contributed by atoms with Crippen molar-refractivity contribution in [2.75, 3.05) is 12.4 Å². The van der Waals surface area contributed by atoms with Gasteiger partial charge in [-0.05, 0) is 25.1 Å². The van der Waals surface area contributed by atoms with Crippen LogP contribution in [-0.4, -0.2) is 16.8 Å². The predicted octanol–water partition coefficient (Wildman–Crippen LogP) is 1.92. The Hall–Kier alpha value is -1.51. The molecule has 1 N–H and O–H groups in total. The zero-order valence-corrected chi connectivity index (χ0v) is 8.13. The summed E-state index contributed by atoms with van der Waals surface area (Å²) in [4.78, 5) is 0. The molecule has 0 radical (unpaired) electrons. The predicted molar refractivity (Wildman–Crippen MR) is 55.0 cm³/mol. The summed E-state index contributed by atoms with van der Waals surface area (Å²) in [5.74, 6) is 0. The lowest BCUT2D eigenvalue weighted by molar-refractivity contribution is 0.783. The maximum Gasteiger partial charge on any atom is 0.0683 e. The summed E-state index contributed by atoms with van der Waals surface area (Å²) < 4.78 is 1.91. The van der Waals surface area contributed by atoms with Crippen LogP contribution in [0.3, 0.4) is 0 Å². The summed E-state index contributed by atoms with van der Waals surface area (Å²) >= 11 is 0. The molecule has 1 aromatic carbocycles. The number of hydrogen-bond acceptors (Lipinski definition) is 2. The third kappa shape index (κ3) is 1.16. The Balaban J connectivity index is 2.76. The maximum absolute atomic E-state index is 4.35. The lowest BCUT2D eigenvalue weighted by Crippen LogP contribution is -1.90. The van der Waals surface area contributed by atoms with Gasteiger partial charge in [0.1, 0.15) is 0 Å². The van der Waals surface area contributed by atoms with Crippen LogP contribution in [0, 0.1) is 6.92 Å². The first-order valence-corrected chi connectivity index (χ1v) is 4.33. The van der Waals surface area contributed by atoms with Crippen LogP contribution >= 0.6 is 0 Å². The number of nitrogens with zero attached hydrogens (tertiary/aromatic N) is 2. The van der Waals surface area contributed by atoms with E-state index in [-0.39, 0.29) is 0 Å². The molecule has 0 aliphatic rings. The van der Waals surface area contributed by atoms with Crippen LogP contribution in [-0.2, 0) is 7.05 Å². The molecule has 1 aromatic heterocycles. The minimum Gasteiger partial charge on any atom is -0.388 e. The second-order valence-corrected chi connectivity index (χ2v) is 3.19. The first-order valence-electron chi connectivity index (χ1n) is 4.33. The van der Waals surface area contributed by atoms with Gasteiger partial charge < -0.3 is 5.32 Å². The average molecular weight is 175 g/mol. The van der Waals surface area contributed by atoms with Crippen LogP contribution in [0.15, 0.2) is 18.2 Å². The Morgan fingerprint density at radius 3 is 2.85 bits per heavy atom. The van der Waals surface area contributed by atoms with Crippen LogP contribution in [0.2, 0.25) is 0 Å². The number of aryl methyl sites for hydroxylation is 2. The molecule has 0 saturated heterocycles.